The molecule has 0 N–H and O–H groups in total. The van der Waals surface area contributed by atoms with Crippen LogP contribution in [-0.2, 0) is 23.9 Å². The summed E-state index contributed by atoms with van der Waals surface area (Å²) >= 11 is 0. The van der Waals surface area contributed by atoms with Gasteiger partial charge in [0.05, 0.1) is 14.2 Å². The monoisotopic (exact) mass is 277 g/mol. The second-order valence-electron chi connectivity index (χ2n) is 4.46. The van der Waals surface area contributed by atoms with Gasteiger partial charge in [0, 0.05) is 12.7 Å². The Morgan fingerprint density at radius 3 is 2.20 bits per heavy atom. The van der Waals surface area contributed by atoms with Gasteiger partial charge < -0.3 is 14.4 Å². The van der Waals surface area contributed by atoms with Crippen molar-refractivity contribution in [1.29, 1.82) is 0 Å². The summed E-state index contributed by atoms with van der Waals surface area (Å²) in [6, 6.07) is 6.93. The Morgan fingerprint density at radius 2 is 1.60 bits per heavy atom. The molecule has 1 aromatic rings. The second kappa shape index (κ2) is 5.32. The highest BCUT2D eigenvalue weighted by molar-refractivity contribution is 6.12. The van der Waals surface area contributed by atoms with Crippen molar-refractivity contribution in [2.45, 2.75) is 5.92 Å². The first kappa shape index (κ1) is 14.0. The zero-order chi connectivity index (χ0) is 14.9. The van der Waals surface area contributed by atoms with E-state index >= 15 is 0 Å². The lowest BCUT2D eigenvalue weighted by Crippen LogP contribution is -2.47. The Balaban J connectivity index is 2.62. The molecule has 2 unspecified atom stereocenters. The van der Waals surface area contributed by atoms with Gasteiger partial charge in [0.25, 0.3) is 0 Å². The summed E-state index contributed by atoms with van der Waals surface area (Å²) < 4.78 is 9.39. The van der Waals surface area contributed by atoms with Crippen LogP contribution in [0.25, 0.3) is 0 Å². The minimum Gasteiger partial charge on any atom is -0.469 e. The molecule has 106 valence electrons. The summed E-state index contributed by atoms with van der Waals surface area (Å²) in [5.41, 5.74) is 1.17. The van der Waals surface area contributed by atoms with Crippen LogP contribution in [0.2, 0.25) is 0 Å². The molecule has 0 saturated carbocycles. The summed E-state index contributed by atoms with van der Waals surface area (Å²) in [5.74, 6) is -4.05. The molecule has 0 fully saturated rings. The van der Waals surface area contributed by atoms with Crippen molar-refractivity contribution in [2.75, 3.05) is 26.2 Å². The van der Waals surface area contributed by atoms with E-state index < -0.39 is 29.7 Å². The molecule has 1 heterocycles. The summed E-state index contributed by atoms with van der Waals surface area (Å²) in [7, 11) is 3.97. The van der Waals surface area contributed by atoms with Gasteiger partial charge in [-0.1, -0.05) is 18.2 Å². The molecule has 0 saturated heterocycles. The van der Waals surface area contributed by atoms with Crippen molar-refractivity contribution in [2.24, 2.45) is 5.92 Å². The van der Waals surface area contributed by atoms with Crippen LogP contribution in [0.15, 0.2) is 24.3 Å². The fraction of sp³-hybridized carbons (Fsp3) is 0.357. The van der Waals surface area contributed by atoms with Crippen molar-refractivity contribution in [1.82, 2.24) is 0 Å². The van der Waals surface area contributed by atoms with Gasteiger partial charge in [-0.2, -0.15) is 0 Å². The second-order valence-corrected chi connectivity index (χ2v) is 4.46. The highest BCUT2D eigenvalue weighted by atomic mass is 16.5. The van der Waals surface area contributed by atoms with E-state index in [1.807, 2.05) is 0 Å². The lowest BCUT2D eigenvalue weighted by atomic mass is 9.80. The van der Waals surface area contributed by atoms with E-state index in [2.05, 4.69) is 4.74 Å². The first-order valence-electron chi connectivity index (χ1n) is 6.05. The number of hydrogen-bond donors (Lipinski definition) is 0. The molecule has 2 atom stereocenters. The van der Waals surface area contributed by atoms with Crippen LogP contribution in [-0.4, -0.2) is 39.1 Å². The molecule has 6 nitrogen and oxygen atoms in total. The van der Waals surface area contributed by atoms with Crippen LogP contribution in [0.5, 0.6) is 0 Å². The van der Waals surface area contributed by atoms with E-state index in [1.165, 1.54) is 19.1 Å². The van der Waals surface area contributed by atoms with Crippen molar-refractivity contribution in [3.63, 3.8) is 0 Å². The largest absolute Gasteiger partial charge is 0.469 e. The van der Waals surface area contributed by atoms with Crippen molar-refractivity contribution in [3.05, 3.63) is 29.8 Å². The maximum absolute atomic E-state index is 12.3. The number of fused-ring (bicyclic) bond motifs is 1. The number of amides is 1. The van der Waals surface area contributed by atoms with Gasteiger partial charge in [-0.25, -0.2) is 0 Å². The average Bonchev–Trinajstić information content (AvgIpc) is 2.49. The maximum Gasteiger partial charge on any atom is 0.319 e. The Kier molecular flexibility index (Phi) is 3.74. The van der Waals surface area contributed by atoms with E-state index in [4.69, 9.17) is 4.74 Å². The van der Waals surface area contributed by atoms with Crippen LogP contribution < -0.4 is 4.90 Å². The zero-order valence-corrected chi connectivity index (χ0v) is 11.5. The highest BCUT2D eigenvalue weighted by Crippen LogP contribution is 2.39. The normalized spacial score (nSPS) is 21.1. The molecule has 2 rings (SSSR count). The molecule has 0 radical (unpaired) electrons. The average molecular weight is 277 g/mol. The van der Waals surface area contributed by atoms with E-state index in [0.717, 1.165) is 0 Å². The molecule has 1 aliphatic heterocycles. The third kappa shape index (κ3) is 2.03. The lowest BCUT2D eigenvalue weighted by molar-refractivity contribution is -0.157. The molecule has 0 bridgehead atoms. The summed E-state index contributed by atoms with van der Waals surface area (Å²) in [5, 5.41) is 0. The van der Waals surface area contributed by atoms with Gasteiger partial charge in [0.1, 0.15) is 5.92 Å². The summed E-state index contributed by atoms with van der Waals surface area (Å²) in [6.07, 6.45) is 0. The van der Waals surface area contributed by atoms with Gasteiger partial charge in [0.2, 0.25) is 5.91 Å². The fourth-order valence-corrected chi connectivity index (χ4v) is 2.46. The van der Waals surface area contributed by atoms with Gasteiger partial charge >= 0.3 is 11.9 Å². The van der Waals surface area contributed by atoms with E-state index in [0.29, 0.717) is 11.3 Å². The predicted octanol–water partition coefficient (Wildman–Crippen LogP) is 0.709. The summed E-state index contributed by atoms with van der Waals surface area (Å²) in [6.45, 7) is 0. The number of ether oxygens (including phenoxy) is 2. The molecule has 20 heavy (non-hydrogen) atoms. The number of nitrogens with zero attached hydrogens (tertiary/aromatic N) is 1. The molecule has 0 spiro atoms. The molecular weight excluding hydrogens is 262 g/mol. The predicted molar refractivity (Wildman–Crippen MR) is 70.1 cm³/mol. The van der Waals surface area contributed by atoms with Crippen LogP contribution >= 0.6 is 0 Å². The molecule has 1 amide bonds. The quantitative estimate of drug-likeness (QED) is 0.588. The third-order valence-electron chi connectivity index (χ3n) is 3.47. The van der Waals surface area contributed by atoms with Crippen LogP contribution in [0.1, 0.15) is 11.5 Å². The Morgan fingerprint density at radius 1 is 1.05 bits per heavy atom. The number of methoxy groups -OCH3 is 2. The number of benzene rings is 1. The van der Waals surface area contributed by atoms with Crippen LogP contribution in [0.3, 0.4) is 0 Å². The SMILES string of the molecule is COC(=O)C1C(=O)N(C)c2ccccc2C1C(=O)OC. The Labute approximate surface area is 116 Å². The number of para-hydroxylation sites is 1. The Hall–Kier alpha value is -2.37. The minimum absolute atomic E-state index is 0.481. The number of carbonyl (C=O) groups excluding carboxylic acids is 3. The minimum atomic E-state index is -1.22. The smallest absolute Gasteiger partial charge is 0.319 e. The van der Waals surface area contributed by atoms with E-state index in [9.17, 15) is 14.4 Å². The molecule has 6 heteroatoms. The summed E-state index contributed by atoms with van der Waals surface area (Å²) in [4.78, 5) is 37.6. The van der Waals surface area contributed by atoms with Crippen molar-refractivity contribution in [3.8, 4) is 0 Å². The standard InChI is InChI=1S/C14H15NO5/c1-15-9-7-5-4-6-8(9)10(13(17)19-2)11(12(15)16)14(18)20-3/h4-7,10-11H,1-3H3. The third-order valence-corrected chi connectivity index (χ3v) is 3.47. The van der Waals surface area contributed by atoms with E-state index in [1.54, 1.807) is 31.3 Å². The molecule has 0 aliphatic carbocycles. The first-order chi connectivity index (χ1) is 9.52. The highest BCUT2D eigenvalue weighted by Gasteiger charge is 2.48. The van der Waals surface area contributed by atoms with Gasteiger partial charge in [-0.05, 0) is 11.6 Å². The topological polar surface area (TPSA) is 72.9 Å². The molecule has 1 aromatic carbocycles. The molecule has 1 aliphatic rings. The van der Waals surface area contributed by atoms with Crippen LogP contribution in [0, 0.1) is 5.92 Å². The Bertz CT molecular complexity index is 568. The van der Waals surface area contributed by atoms with E-state index in [-0.39, 0.29) is 0 Å². The molecular formula is C14H15NO5. The van der Waals surface area contributed by atoms with Gasteiger partial charge in [-0.3, -0.25) is 14.4 Å². The van der Waals surface area contributed by atoms with Crippen LogP contribution in [0.4, 0.5) is 5.69 Å². The number of carbonyl (C=O) groups is 3. The molecule has 0 aromatic heterocycles. The van der Waals surface area contributed by atoms with Gasteiger partial charge in [-0.15, -0.1) is 0 Å². The first-order valence-corrected chi connectivity index (χ1v) is 6.05. The lowest BCUT2D eigenvalue weighted by Gasteiger charge is -2.34. The number of rotatable bonds is 2. The van der Waals surface area contributed by atoms with Gasteiger partial charge in [0.15, 0.2) is 5.92 Å². The van der Waals surface area contributed by atoms with Crippen molar-refractivity contribution < 1.29 is 23.9 Å². The number of esters is 2. The fourth-order valence-electron chi connectivity index (χ4n) is 2.46. The van der Waals surface area contributed by atoms with Crippen molar-refractivity contribution >= 4 is 23.5 Å². The maximum atomic E-state index is 12.3. The number of hydrogen-bond acceptors (Lipinski definition) is 5. The number of anilines is 1. The zero-order valence-electron chi connectivity index (χ0n) is 11.5.